The monoisotopic (exact) mass is 165 g/mol. The van der Waals surface area contributed by atoms with E-state index in [1.807, 2.05) is 0 Å². The van der Waals surface area contributed by atoms with Crippen LogP contribution in [-0.4, -0.2) is 12.3 Å². The molecule has 0 saturated carbocycles. The van der Waals surface area contributed by atoms with E-state index in [1.54, 1.807) is 0 Å². The van der Waals surface area contributed by atoms with Crippen molar-refractivity contribution in [3.8, 4) is 0 Å². The second kappa shape index (κ2) is 2.72. The molecule has 0 N–H and O–H groups in total. The summed E-state index contributed by atoms with van der Waals surface area (Å²) in [7, 11) is 0. The molecule has 0 aromatic carbocycles. The zero-order chi connectivity index (χ0) is 9.41. The Balaban J connectivity index is 2.98. The largest absolute Gasteiger partial charge is 0.289 e. The average Bonchev–Trinajstić information content (AvgIpc) is 1.83. The fourth-order valence-corrected chi connectivity index (χ4v) is 1.98. The van der Waals surface area contributed by atoms with Crippen molar-refractivity contribution < 1.29 is 0 Å². The Morgan fingerprint density at radius 3 is 2.25 bits per heavy atom. The van der Waals surface area contributed by atoms with Crippen molar-refractivity contribution in [2.24, 2.45) is 15.8 Å². The van der Waals surface area contributed by atoms with Crippen molar-refractivity contribution in [1.29, 1.82) is 0 Å². The summed E-state index contributed by atoms with van der Waals surface area (Å²) < 4.78 is 0. The van der Waals surface area contributed by atoms with Crippen LogP contribution < -0.4 is 0 Å². The first kappa shape index (κ1) is 9.50. The number of rotatable bonds is 0. The van der Waals surface area contributed by atoms with Gasteiger partial charge < -0.3 is 0 Å². The quantitative estimate of drug-likeness (QED) is 0.489. The lowest BCUT2D eigenvalue weighted by atomic mass is 9.73. The van der Waals surface area contributed by atoms with Gasteiger partial charge in [0.05, 0.1) is 6.54 Å². The maximum atomic E-state index is 4.58. The maximum Gasteiger partial charge on any atom is 0.0570 e. The summed E-state index contributed by atoms with van der Waals surface area (Å²) in [5, 5.41) is 0. The smallest absolute Gasteiger partial charge is 0.0570 e. The zero-order valence-corrected chi connectivity index (χ0v) is 8.81. The predicted molar refractivity (Wildman–Crippen MR) is 54.7 cm³/mol. The second-order valence-electron chi connectivity index (χ2n) is 5.06. The van der Waals surface area contributed by atoms with Crippen LogP contribution in [0.1, 0.15) is 34.6 Å². The molecule has 0 radical (unpaired) electrons. The van der Waals surface area contributed by atoms with Crippen molar-refractivity contribution >= 4 is 5.71 Å². The molecule has 12 heavy (non-hydrogen) atoms. The number of dihydropyridines is 1. The molecule has 1 aliphatic rings. The van der Waals surface area contributed by atoms with Crippen LogP contribution in [0.5, 0.6) is 0 Å². The molecule has 1 heteroatoms. The molecule has 0 atom stereocenters. The highest BCUT2D eigenvalue weighted by atomic mass is 14.8. The van der Waals surface area contributed by atoms with Gasteiger partial charge in [0.1, 0.15) is 0 Å². The molecule has 0 fully saturated rings. The highest BCUT2D eigenvalue weighted by Gasteiger charge is 2.32. The zero-order valence-electron chi connectivity index (χ0n) is 8.81. The van der Waals surface area contributed by atoms with Gasteiger partial charge in [0.2, 0.25) is 0 Å². The van der Waals surface area contributed by atoms with Gasteiger partial charge in [0.25, 0.3) is 0 Å². The van der Waals surface area contributed by atoms with Gasteiger partial charge in [-0.1, -0.05) is 46.8 Å². The lowest BCUT2D eigenvalue weighted by Gasteiger charge is -2.34. The fourth-order valence-electron chi connectivity index (χ4n) is 1.98. The van der Waals surface area contributed by atoms with Crippen LogP contribution in [0.3, 0.4) is 0 Å². The molecule has 0 bridgehead atoms. The maximum absolute atomic E-state index is 4.58. The van der Waals surface area contributed by atoms with E-state index < -0.39 is 0 Å². The van der Waals surface area contributed by atoms with Crippen molar-refractivity contribution in [3.05, 3.63) is 12.2 Å². The van der Waals surface area contributed by atoms with Crippen LogP contribution in [0.25, 0.3) is 0 Å². The Morgan fingerprint density at radius 2 is 1.92 bits per heavy atom. The number of hydrogen-bond acceptors (Lipinski definition) is 1. The molecule has 0 spiro atoms. The molecule has 68 valence electrons. The minimum absolute atomic E-state index is 0.149. The van der Waals surface area contributed by atoms with E-state index in [2.05, 4.69) is 51.8 Å². The Labute approximate surface area is 75.6 Å². The van der Waals surface area contributed by atoms with Gasteiger partial charge >= 0.3 is 0 Å². The summed E-state index contributed by atoms with van der Waals surface area (Å²) >= 11 is 0. The molecule has 0 unspecified atom stereocenters. The summed E-state index contributed by atoms with van der Waals surface area (Å²) in [6, 6.07) is 0. The minimum atomic E-state index is 0.149. The van der Waals surface area contributed by atoms with Gasteiger partial charge in [-0.2, -0.15) is 0 Å². The lowest BCUT2D eigenvalue weighted by molar-refractivity contribution is 0.504. The van der Waals surface area contributed by atoms with Gasteiger partial charge in [0, 0.05) is 16.5 Å². The van der Waals surface area contributed by atoms with Crippen LogP contribution in [-0.2, 0) is 0 Å². The van der Waals surface area contributed by atoms with Gasteiger partial charge in [0.15, 0.2) is 0 Å². The van der Waals surface area contributed by atoms with Crippen LogP contribution in [0.2, 0.25) is 0 Å². The first-order valence-corrected chi connectivity index (χ1v) is 4.57. The first-order chi connectivity index (χ1) is 5.34. The van der Waals surface area contributed by atoms with E-state index in [0.29, 0.717) is 0 Å². The molecule has 0 amide bonds. The molecule has 0 saturated heterocycles. The van der Waals surface area contributed by atoms with E-state index in [-0.39, 0.29) is 10.8 Å². The standard InChI is InChI=1S/C11H19N/c1-10(2,3)9-11(4,5)7-6-8-12-9/h6-7H,8H2,1-5H3. The summed E-state index contributed by atoms with van der Waals surface area (Å²) in [6.45, 7) is 12.0. The summed E-state index contributed by atoms with van der Waals surface area (Å²) in [6.07, 6.45) is 4.41. The van der Waals surface area contributed by atoms with Gasteiger partial charge in [-0.15, -0.1) is 0 Å². The Morgan fingerprint density at radius 1 is 1.33 bits per heavy atom. The molecule has 1 nitrogen and oxygen atoms in total. The number of aliphatic imine (C=N–C) groups is 1. The molecule has 1 heterocycles. The van der Waals surface area contributed by atoms with Gasteiger partial charge in [-0.25, -0.2) is 0 Å². The Hall–Kier alpha value is -0.590. The molecule has 1 aliphatic heterocycles. The van der Waals surface area contributed by atoms with Crippen LogP contribution in [0, 0.1) is 10.8 Å². The van der Waals surface area contributed by atoms with Crippen molar-refractivity contribution in [2.75, 3.05) is 6.54 Å². The third kappa shape index (κ3) is 1.77. The SMILES string of the molecule is CC(C)(C)C1=NCC=CC1(C)C. The highest BCUT2D eigenvalue weighted by Crippen LogP contribution is 2.33. The van der Waals surface area contributed by atoms with E-state index >= 15 is 0 Å². The van der Waals surface area contributed by atoms with E-state index in [0.717, 1.165) is 6.54 Å². The van der Waals surface area contributed by atoms with Gasteiger partial charge in [-0.05, 0) is 0 Å². The molecule has 1 rings (SSSR count). The van der Waals surface area contributed by atoms with E-state index in [1.165, 1.54) is 5.71 Å². The topological polar surface area (TPSA) is 12.4 Å². The van der Waals surface area contributed by atoms with Crippen molar-refractivity contribution in [2.45, 2.75) is 34.6 Å². The number of nitrogens with zero attached hydrogens (tertiary/aromatic N) is 1. The predicted octanol–water partition coefficient (Wildman–Crippen LogP) is 3.07. The van der Waals surface area contributed by atoms with E-state index in [4.69, 9.17) is 0 Å². The summed E-state index contributed by atoms with van der Waals surface area (Å²) in [5.41, 5.74) is 1.67. The molecule has 0 aromatic heterocycles. The highest BCUT2D eigenvalue weighted by molar-refractivity contribution is 5.96. The normalized spacial score (nSPS) is 22.2. The number of allylic oxidation sites excluding steroid dienone is 1. The van der Waals surface area contributed by atoms with Crippen LogP contribution in [0.15, 0.2) is 17.1 Å². The Kier molecular flexibility index (Phi) is 2.15. The third-order valence-electron chi connectivity index (χ3n) is 2.21. The average molecular weight is 165 g/mol. The first-order valence-electron chi connectivity index (χ1n) is 4.57. The van der Waals surface area contributed by atoms with Crippen LogP contribution in [0.4, 0.5) is 0 Å². The Bertz CT molecular complexity index is 226. The summed E-state index contributed by atoms with van der Waals surface area (Å²) in [4.78, 5) is 4.58. The van der Waals surface area contributed by atoms with E-state index in [9.17, 15) is 0 Å². The van der Waals surface area contributed by atoms with Crippen molar-refractivity contribution in [3.63, 3.8) is 0 Å². The summed E-state index contributed by atoms with van der Waals surface area (Å²) in [5.74, 6) is 0. The van der Waals surface area contributed by atoms with Gasteiger partial charge in [-0.3, -0.25) is 4.99 Å². The minimum Gasteiger partial charge on any atom is -0.289 e. The molecular weight excluding hydrogens is 146 g/mol. The molecule has 0 aliphatic carbocycles. The van der Waals surface area contributed by atoms with Crippen LogP contribution >= 0.6 is 0 Å². The molecular formula is C11H19N. The second-order valence-corrected chi connectivity index (χ2v) is 5.06. The fraction of sp³-hybridized carbons (Fsp3) is 0.727. The van der Waals surface area contributed by atoms with Crippen molar-refractivity contribution in [1.82, 2.24) is 0 Å². The lowest BCUT2D eigenvalue weighted by Crippen LogP contribution is -2.35. The third-order valence-corrected chi connectivity index (χ3v) is 2.21. The number of hydrogen-bond donors (Lipinski definition) is 0. The molecule has 0 aromatic rings.